The Balaban J connectivity index is 1.94. The highest BCUT2D eigenvalue weighted by Gasteiger charge is 2.23. The fourth-order valence-corrected chi connectivity index (χ4v) is 3.84. The lowest BCUT2D eigenvalue weighted by Crippen LogP contribution is -2.30. The molecule has 4 heteroatoms. The highest BCUT2D eigenvalue weighted by atomic mass is 79.9. The summed E-state index contributed by atoms with van der Waals surface area (Å²) < 4.78 is 3.80. The van der Waals surface area contributed by atoms with Gasteiger partial charge >= 0.3 is 5.69 Å². The van der Waals surface area contributed by atoms with Gasteiger partial charge in [0.15, 0.2) is 0 Å². The molecule has 0 amide bonds. The second-order valence-corrected chi connectivity index (χ2v) is 6.85. The number of halogens is 1. The Labute approximate surface area is 131 Å². The first-order chi connectivity index (χ1) is 10.2. The standard InChI is InChI=1S/C17H15BrN2O/c18-14-9-13-7-4-8-15-16(13)20(11-14)17(21)19(15)10-12-5-2-1-3-6-12/h1-8,14H,9-11H2/t14-/m1/s1. The van der Waals surface area contributed by atoms with E-state index in [2.05, 4.69) is 34.1 Å². The molecule has 3 nitrogen and oxygen atoms in total. The maximum Gasteiger partial charge on any atom is 0.329 e. The fourth-order valence-electron chi connectivity index (χ4n) is 3.21. The zero-order chi connectivity index (χ0) is 14.4. The van der Waals surface area contributed by atoms with Gasteiger partial charge in [-0.3, -0.25) is 9.13 Å². The topological polar surface area (TPSA) is 26.9 Å². The SMILES string of the molecule is O=c1n(Cc2ccccc2)c2cccc3c2n1C[C@H](Br)C3. The predicted octanol–water partition coefficient (Wildman–Crippen LogP) is 3.17. The van der Waals surface area contributed by atoms with Crippen molar-refractivity contribution in [2.24, 2.45) is 0 Å². The number of benzene rings is 2. The van der Waals surface area contributed by atoms with Crippen LogP contribution in [0.25, 0.3) is 11.0 Å². The molecule has 0 fully saturated rings. The van der Waals surface area contributed by atoms with Crippen LogP contribution in [0.5, 0.6) is 0 Å². The van der Waals surface area contributed by atoms with E-state index in [1.165, 1.54) is 5.56 Å². The minimum atomic E-state index is 0.0884. The van der Waals surface area contributed by atoms with Gasteiger partial charge in [-0.05, 0) is 23.6 Å². The molecular weight excluding hydrogens is 328 g/mol. The van der Waals surface area contributed by atoms with Crippen LogP contribution in [-0.4, -0.2) is 14.0 Å². The number of imidazole rings is 1. The number of rotatable bonds is 2. The minimum Gasteiger partial charge on any atom is -0.290 e. The zero-order valence-corrected chi connectivity index (χ0v) is 13.1. The Morgan fingerprint density at radius 1 is 1.10 bits per heavy atom. The summed E-state index contributed by atoms with van der Waals surface area (Å²) in [6.45, 7) is 1.37. The average Bonchev–Trinajstić information content (AvgIpc) is 2.76. The molecule has 0 aliphatic carbocycles. The molecule has 0 saturated carbocycles. The average molecular weight is 343 g/mol. The summed E-state index contributed by atoms with van der Waals surface area (Å²) in [5.74, 6) is 0. The smallest absolute Gasteiger partial charge is 0.290 e. The molecule has 2 aromatic carbocycles. The molecule has 0 spiro atoms. The van der Waals surface area contributed by atoms with Crippen LogP contribution in [0.4, 0.5) is 0 Å². The molecule has 0 N–H and O–H groups in total. The number of hydrogen-bond donors (Lipinski definition) is 0. The molecule has 1 aliphatic rings. The quantitative estimate of drug-likeness (QED) is 0.657. The number of nitrogens with zero attached hydrogens (tertiary/aromatic N) is 2. The normalized spacial score (nSPS) is 17.3. The minimum absolute atomic E-state index is 0.0884. The van der Waals surface area contributed by atoms with Gasteiger partial charge in [-0.1, -0.05) is 58.4 Å². The Hall–Kier alpha value is -1.81. The maximum absolute atomic E-state index is 12.8. The Bertz CT molecular complexity index is 864. The van der Waals surface area contributed by atoms with Crippen molar-refractivity contribution in [2.75, 3.05) is 0 Å². The predicted molar refractivity (Wildman–Crippen MR) is 88.2 cm³/mol. The molecule has 0 unspecified atom stereocenters. The van der Waals surface area contributed by atoms with E-state index in [-0.39, 0.29) is 5.69 Å². The maximum atomic E-state index is 12.8. The first-order valence-electron chi connectivity index (χ1n) is 7.13. The van der Waals surface area contributed by atoms with Gasteiger partial charge < -0.3 is 0 Å². The molecule has 2 heterocycles. The summed E-state index contributed by atoms with van der Waals surface area (Å²) in [6.07, 6.45) is 0.978. The van der Waals surface area contributed by atoms with Crippen LogP contribution in [0.1, 0.15) is 11.1 Å². The molecule has 21 heavy (non-hydrogen) atoms. The fraction of sp³-hybridized carbons (Fsp3) is 0.235. The lowest BCUT2D eigenvalue weighted by atomic mass is 10.0. The van der Waals surface area contributed by atoms with E-state index in [0.717, 1.165) is 29.6 Å². The molecule has 1 aromatic heterocycles. The van der Waals surface area contributed by atoms with Crippen molar-refractivity contribution >= 4 is 27.0 Å². The van der Waals surface area contributed by atoms with Crippen molar-refractivity contribution in [3.63, 3.8) is 0 Å². The van der Waals surface area contributed by atoms with E-state index < -0.39 is 0 Å². The summed E-state index contributed by atoms with van der Waals surface area (Å²) in [6, 6.07) is 16.4. The molecule has 0 saturated heterocycles. The van der Waals surface area contributed by atoms with Crippen LogP contribution < -0.4 is 5.69 Å². The van der Waals surface area contributed by atoms with Crippen LogP contribution in [0.15, 0.2) is 53.3 Å². The molecule has 4 rings (SSSR count). The van der Waals surface area contributed by atoms with Crippen molar-refractivity contribution in [2.45, 2.75) is 24.3 Å². The van der Waals surface area contributed by atoms with Crippen molar-refractivity contribution < 1.29 is 0 Å². The van der Waals surface area contributed by atoms with Gasteiger partial charge in [0.25, 0.3) is 0 Å². The summed E-state index contributed by atoms with van der Waals surface area (Å²) in [5.41, 5.74) is 4.64. The van der Waals surface area contributed by atoms with Gasteiger partial charge in [-0.2, -0.15) is 0 Å². The Morgan fingerprint density at radius 2 is 1.90 bits per heavy atom. The van der Waals surface area contributed by atoms with E-state index in [0.29, 0.717) is 11.4 Å². The van der Waals surface area contributed by atoms with Crippen LogP contribution in [0, 0.1) is 0 Å². The second-order valence-electron chi connectivity index (χ2n) is 5.55. The van der Waals surface area contributed by atoms with Crippen molar-refractivity contribution in [1.82, 2.24) is 9.13 Å². The summed E-state index contributed by atoms with van der Waals surface area (Å²) in [7, 11) is 0. The number of hydrogen-bond acceptors (Lipinski definition) is 1. The molecule has 1 aliphatic heterocycles. The van der Waals surface area contributed by atoms with Crippen LogP contribution in [-0.2, 0) is 19.5 Å². The third-order valence-corrected chi connectivity index (χ3v) is 4.74. The van der Waals surface area contributed by atoms with Gasteiger partial charge in [-0.15, -0.1) is 0 Å². The summed E-state index contributed by atoms with van der Waals surface area (Å²) in [5, 5.41) is 0. The van der Waals surface area contributed by atoms with Gasteiger partial charge in [0, 0.05) is 11.4 Å². The van der Waals surface area contributed by atoms with Crippen molar-refractivity contribution in [1.29, 1.82) is 0 Å². The lowest BCUT2D eigenvalue weighted by molar-refractivity contribution is 0.613. The summed E-state index contributed by atoms with van der Waals surface area (Å²) >= 11 is 3.66. The van der Waals surface area contributed by atoms with Gasteiger partial charge in [0.05, 0.1) is 17.6 Å². The third-order valence-electron chi connectivity index (χ3n) is 4.13. The Kier molecular flexibility index (Phi) is 3.00. The summed E-state index contributed by atoms with van der Waals surface area (Å²) in [4.78, 5) is 13.1. The van der Waals surface area contributed by atoms with E-state index in [9.17, 15) is 4.79 Å². The van der Waals surface area contributed by atoms with Gasteiger partial charge in [0.1, 0.15) is 0 Å². The highest BCUT2D eigenvalue weighted by molar-refractivity contribution is 9.09. The molecule has 1 atom stereocenters. The van der Waals surface area contributed by atoms with E-state index in [1.807, 2.05) is 39.5 Å². The molecular formula is C17H15BrN2O. The van der Waals surface area contributed by atoms with Gasteiger partial charge in [0.2, 0.25) is 0 Å². The van der Waals surface area contributed by atoms with E-state index in [4.69, 9.17) is 0 Å². The monoisotopic (exact) mass is 342 g/mol. The molecule has 106 valence electrons. The number of aromatic nitrogens is 2. The Morgan fingerprint density at radius 3 is 2.71 bits per heavy atom. The first kappa shape index (κ1) is 12.9. The second kappa shape index (κ2) is 4.88. The van der Waals surface area contributed by atoms with Gasteiger partial charge in [-0.25, -0.2) is 4.79 Å². The largest absolute Gasteiger partial charge is 0.329 e. The van der Waals surface area contributed by atoms with Crippen LogP contribution in [0.2, 0.25) is 0 Å². The number of alkyl halides is 1. The zero-order valence-electron chi connectivity index (χ0n) is 11.5. The van der Waals surface area contributed by atoms with Crippen LogP contribution in [0.3, 0.4) is 0 Å². The van der Waals surface area contributed by atoms with E-state index >= 15 is 0 Å². The van der Waals surface area contributed by atoms with E-state index in [1.54, 1.807) is 0 Å². The third kappa shape index (κ3) is 2.05. The van der Waals surface area contributed by atoms with Crippen molar-refractivity contribution in [3.8, 4) is 0 Å². The molecule has 3 aromatic rings. The lowest BCUT2D eigenvalue weighted by Gasteiger charge is -2.18. The first-order valence-corrected chi connectivity index (χ1v) is 8.04. The van der Waals surface area contributed by atoms with Crippen LogP contribution >= 0.6 is 15.9 Å². The highest BCUT2D eigenvalue weighted by Crippen LogP contribution is 2.27. The van der Waals surface area contributed by atoms with Crippen molar-refractivity contribution in [3.05, 3.63) is 70.1 Å². The molecule has 0 radical (unpaired) electrons. The number of para-hydroxylation sites is 1. The molecule has 0 bridgehead atoms.